The molecule has 0 bridgehead atoms. The molecule has 5 rings (SSSR count). The maximum absolute atomic E-state index is 13.2. The summed E-state index contributed by atoms with van der Waals surface area (Å²) in [6.07, 6.45) is 4.82. The predicted molar refractivity (Wildman–Crippen MR) is 114 cm³/mol. The predicted octanol–water partition coefficient (Wildman–Crippen LogP) is 3.01. The van der Waals surface area contributed by atoms with Crippen LogP contribution in [0.3, 0.4) is 0 Å². The number of sulfonamides is 1. The highest BCUT2D eigenvalue weighted by atomic mass is 32.2. The summed E-state index contributed by atoms with van der Waals surface area (Å²) >= 11 is 0. The molecular formula is C22H22N4O3S. The van der Waals surface area contributed by atoms with Gasteiger partial charge in [-0.25, -0.2) is 13.4 Å². The van der Waals surface area contributed by atoms with Crippen molar-refractivity contribution >= 4 is 32.7 Å². The number of carbonyl (C=O) groups excluding carboxylic acids is 1. The number of para-hydroxylation sites is 2. The number of rotatable bonds is 3. The molecule has 3 heterocycles. The Morgan fingerprint density at radius 3 is 2.50 bits per heavy atom. The van der Waals surface area contributed by atoms with Crippen LogP contribution in [0.25, 0.3) is 11.0 Å². The molecule has 0 spiro atoms. The van der Waals surface area contributed by atoms with E-state index in [1.165, 1.54) is 6.20 Å². The first-order valence-electron chi connectivity index (χ1n) is 10.2. The molecule has 154 valence electrons. The molecule has 3 aromatic rings. The minimum atomic E-state index is -3.48. The normalized spacial score (nSPS) is 17.3. The summed E-state index contributed by atoms with van der Waals surface area (Å²) in [5.41, 5.74) is 3.33. The lowest BCUT2D eigenvalue weighted by atomic mass is 10.0. The molecular weight excluding hydrogens is 400 g/mol. The molecule has 0 unspecified atom stereocenters. The number of fused-ring (bicyclic) bond motifs is 2. The van der Waals surface area contributed by atoms with E-state index in [4.69, 9.17) is 0 Å². The lowest BCUT2D eigenvalue weighted by Crippen LogP contribution is -2.36. The molecule has 0 atom stereocenters. The van der Waals surface area contributed by atoms with Crippen LogP contribution in [0, 0.1) is 0 Å². The molecule has 0 N–H and O–H groups in total. The third-order valence-electron chi connectivity index (χ3n) is 5.79. The Morgan fingerprint density at radius 2 is 1.70 bits per heavy atom. The van der Waals surface area contributed by atoms with Crippen LogP contribution >= 0.6 is 0 Å². The van der Waals surface area contributed by atoms with Crippen LogP contribution in [0.2, 0.25) is 0 Å². The molecule has 1 amide bonds. The van der Waals surface area contributed by atoms with Gasteiger partial charge in [0.1, 0.15) is 5.69 Å². The van der Waals surface area contributed by atoms with Crippen LogP contribution in [0.5, 0.6) is 0 Å². The standard InChI is InChI=1S/C22H22N4O3S/c27-22(20-15-23-18-7-1-2-8-19(18)24-20)26-13-5-6-16-14-17(9-10-21(16)26)30(28,29)25-11-3-4-12-25/h1-2,7-10,14-15H,3-6,11-13H2. The molecule has 1 aromatic heterocycles. The quantitative estimate of drug-likeness (QED) is 0.648. The molecule has 0 radical (unpaired) electrons. The van der Waals surface area contributed by atoms with Gasteiger partial charge in [0.05, 0.1) is 22.1 Å². The molecule has 7 nitrogen and oxygen atoms in total. The van der Waals surface area contributed by atoms with Crippen molar-refractivity contribution in [3.8, 4) is 0 Å². The van der Waals surface area contributed by atoms with E-state index in [0.717, 1.165) is 42.5 Å². The van der Waals surface area contributed by atoms with Crippen molar-refractivity contribution in [3.05, 3.63) is 59.9 Å². The van der Waals surface area contributed by atoms with Crippen molar-refractivity contribution in [2.24, 2.45) is 0 Å². The highest BCUT2D eigenvalue weighted by Crippen LogP contribution is 2.32. The second kappa shape index (κ2) is 7.45. The van der Waals surface area contributed by atoms with E-state index < -0.39 is 10.0 Å². The van der Waals surface area contributed by atoms with E-state index in [1.807, 2.05) is 24.3 Å². The maximum Gasteiger partial charge on any atom is 0.278 e. The largest absolute Gasteiger partial charge is 0.307 e. The number of hydrogen-bond acceptors (Lipinski definition) is 5. The smallest absolute Gasteiger partial charge is 0.278 e. The summed E-state index contributed by atoms with van der Waals surface area (Å²) in [4.78, 5) is 24.0. The van der Waals surface area contributed by atoms with Gasteiger partial charge in [-0.15, -0.1) is 0 Å². The summed E-state index contributed by atoms with van der Waals surface area (Å²) < 4.78 is 27.4. The molecule has 30 heavy (non-hydrogen) atoms. The second-order valence-electron chi connectivity index (χ2n) is 7.71. The molecule has 0 saturated carbocycles. The minimum absolute atomic E-state index is 0.218. The van der Waals surface area contributed by atoms with Crippen LogP contribution < -0.4 is 4.90 Å². The van der Waals surface area contributed by atoms with Gasteiger partial charge in [-0.1, -0.05) is 12.1 Å². The topological polar surface area (TPSA) is 83.5 Å². The number of anilines is 1. The summed E-state index contributed by atoms with van der Waals surface area (Å²) in [5.74, 6) is -0.218. The van der Waals surface area contributed by atoms with Gasteiger partial charge in [0.15, 0.2) is 0 Å². The number of carbonyl (C=O) groups is 1. The Balaban J connectivity index is 1.48. The van der Waals surface area contributed by atoms with E-state index in [0.29, 0.717) is 30.0 Å². The molecule has 2 aliphatic heterocycles. The highest BCUT2D eigenvalue weighted by Gasteiger charge is 2.30. The number of aryl methyl sites for hydroxylation is 1. The Bertz CT molecular complexity index is 1240. The molecule has 8 heteroatoms. The lowest BCUT2D eigenvalue weighted by Gasteiger charge is -2.30. The second-order valence-corrected chi connectivity index (χ2v) is 9.64. The average Bonchev–Trinajstić information content (AvgIpc) is 3.33. The fourth-order valence-corrected chi connectivity index (χ4v) is 5.79. The van der Waals surface area contributed by atoms with Crippen molar-refractivity contribution in [2.45, 2.75) is 30.6 Å². The molecule has 1 saturated heterocycles. The van der Waals surface area contributed by atoms with Gasteiger partial charge in [0.25, 0.3) is 5.91 Å². The minimum Gasteiger partial charge on any atom is -0.307 e. The third-order valence-corrected chi connectivity index (χ3v) is 7.68. The fourth-order valence-electron chi connectivity index (χ4n) is 4.22. The summed E-state index contributed by atoms with van der Waals surface area (Å²) in [6, 6.07) is 12.5. The first-order valence-corrected chi connectivity index (χ1v) is 11.6. The zero-order valence-electron chi connectivity index (χ0n) is 16.5. The summed E-state index contributed by atoms with van der Waals surface area (Å²) in [5, 5.41) is 0. The van der Waals surface area contributed by atoms with E-state index in [-0.39, 0.29) is 11.6 Å². The Hall–Kier alpha value is -2.84. The number of hydrogen-bond donors (Lipinski definition) is 0. The molecule has 1 fully saturated rings. The van der Waals surface area contributed by atoms with Crippen molar-refractivity contribution in [3.63, 3.8) is 0 Å². The zero-order valence-corrected chi connectivity index (χ0v) is 17.3. The molecule has 2 aliphatic rings. The lowest BCUT2D eigenvalue weighted by molar-refractivity contribution is 0.0980. The van der Waals surface area contributed by atoms with Crippen molar-refractivity contribution in [2.75, 3.05) is 24.5 Å². The Labute approximate surface area is 175 Å². The van der Waals surface area contributed by atoms with Gasteiger partial charge in [-0.2, -0.15) is 4.31 Å². The maximum atomic E-state index is 13.2. The van der Waals surface area contributed by atoms with Crippen molar-refractivity contribution in [1.29, 1.82) is 0 Å². The number of amides is 1. The van der Waals surface area contributed by atoms with Crippen molar-refractivity contribution < 1.29 is 13.2 Å². The number of nitrogens with zero attached hydrogens (tertiary/aromatic N) is 4. The molecule has 2 aromatic carbocycles. The van der Waals surface area contributed by atoms with E-state index in [1.54, 1.807) is 27.4 Å². The monoisotopic (exact) mass is 422 g/mol. The van der Waals surface area contributed by atoms with Gasteiger partial charge in [0.2, 0.25) is 10.0 Å². The molecule has 0 aliphatic carbocycles. The zero-order chi connectivity index (χ0) is 20.7. The first kappa shape index (κ1) is 19.1. The van der Waals surface area contributed by atoms with Crippen LogP contribution in [0.4, 0.5) is 5.69 Å². The Morgan fingerprint density at radius 1 is 0.933 bits per heavy atom. The van der Waals surface area contributed by atoms with Gasteiger partial charge >= 0.3 is 0 Å². The van der Waals surface area contributed by atoms with Crippen LogP contribution in [0.15, 0.2) is 53.6 Å². The van der Waals surface area contributed by atoms with Gasteiger partial charge < -0.3 is 4.90 Å². The van der Waals surface area contributed by atoms with Gasteiger partial charge in [0, 0.05) is 25.3 Å². The summed E-state index contributed by atoms with van der Waals surface area (Å²) in [7, 11) is -3.48. The Kier molecular flexibility index (Phi) is 4.75. The first-order chi connectivity index (χ1) is 14.5. The average molecular weight is 423 g/mol. The van der Waals surface area contributed by atoms with Gasteiger partial charge in [-0.05, 0) is 61.6 Å². The number of benzene rings is 2. The van der Waals surface area contributed by atoms with Crippen LogP contribution in [-0.2, 0) is 16.4 Å². The highest BCUT2D eigenvalue weighted by molar-refractivity contribution is 7.89. The third kappa shape index (κ3) is 3.26. The fraction of sp³-hybridized carbons (Fsp3) is 0.318. The van der Waals surface area contributed by atoms with E-state index >= 15 is 0 Å². The van der Waals surface area contributed by atoms with E-state index in [9.17, 15) is 13.2 Å². The SMILES string of the molecule is O=C(c1cnc2ccccc2n1)N1CCCc2cc(S(=O)(=O)N3CCCC3)ccc21. The van der Waals surface area contributed by atoms with Crippen LogP contribution in [0.1, 0.15) is 35.3 Å². The summed E-state index contributed by atoms with van der Waals surface area (Å²) in [6.45, 7) is 1.72. The van der Waals surface area contributed by atoms with Gasteiger partial charge in [-0.3, -0.25) is 9.78 Å². The van der Waals surface area contributed by atoms with E-state index in [2.05, 4.69) is 9.97 Å². The number of aromatic nitrogens is 2. The van der Waals surface area contributed by atoms with Crippen LogP contribution in [-0.4, -0.2) is 48.2 Å². The van der Waals surface area contributed by atoms with Crippen molar-refractivity contribution in [1.82, 2.24) is 14.3 Å².